The zero-order valence-corrected chi connectivity index (χ0v) is 13.9. The lowest BCUT2D eigenvalue weighted by molar-refractivity contribution is -0.118. The maximum atomic E-state index is 12.5. The third-order valence-electron chi connectivity index (χ3n) is 3.73. The number of ketones is 2. The van der Waals surface area contributed by atoms with Gasteiger partial charge in [-0.15, -0.1) is 0 Å². The molecule has 1 aliphatic rings. The summed E-state index contributed by atoms with van der Waals surface area (Å²) in [6.45, 7) is 2.82. The number of carbonyl (C=O) groups excluding carboxylic acids is 3. The Morgan fingerprint density at radius 1 is 1.04 bits per heavy atom. The average molecular weight is 332 g/mol. The summed E-state index contributed by atoms with van der Waals surface area (Å²) >= 11 is 3.88. The molecule has 0 aliphatic heterocycles. The van der Waals surface area contributed by atoms with Crippen LogP contribution in [-0.2, 0) is 4.79 Å². The van der Waals surface area contributed by atoms with Crippen LogP contribution in [0.2, 0.25) is 0 Å². The Labute approximate surface area is 140 Å². The third kappa shape index (κ3) is 4.01. The zero-order valence-electron chi connectivity index (χ0n) is 13.0. The van der Waals surface area contributed by atoms with Crippen molar-refractivity contribution in [1.82, 2.24) is 10.6 Å². The van der Waals surface area contributed by atoms with Crippen LogP contribution >= 0.6 is 12.6 Å². The highest BCUT2D eigenvalue weighted by Crippen LogP contribution is 2.24. The molecule has 0 heterocycles. The van der Waals surface area contributed by atoms with E-state index in [-0.39, 0.29) is 23.2 Å². The van der Waals surface area contributed by atoms with E-state index < -0.39 is 0 Å². The van der Waals surface area contributed by atoms with Crippen molar-refractivity contribution in [3.8, 4) is 0 Å². The van der Waals surface area contributed by atoms with Gasteiger partial charge >= 0.3 is 0 Å². The van der Waals surface area contributed by atoms with Gasteiger partial charge < -0.3 is 10.6 Å². The molecule has 23 heavy (non-hydrogen) atoms. The monoisotopic (exact) mass is 332 g/mol. The van der Waals surface area contributed by atoms with Crippen molar-refractivity contribution < 1.29 is 14.4 Å². The standard InChI is InChI=1S/C17H20N2O3S/c1-11-15(19-9-5-4-8-18-14(20)10-23)17(22)13-7-3-2-6-12(13)16(11)21/h2-3,6-7,19,23H,4-5,8-10H2,1H3,(H,18,20). The molecule has 1 aliphatic carbocycles. The fourth-order valence-corrected chi connectivity index (χ4v) is 2.57. The molecule has 0 radical (unpaired) electrons. The number of allylic oxidation sites excluding steroid dienone is 2. The fraction of sp³-hybridized carbons (Fsp3) is 0.353. The Bertz CT molecular complexity index is 668. The van der Waals surface area contributed by atoms with Gasteiger partial charge in [0.25, 0.3) is 0 Å². The SMILES string of the molecule is CC1=C(NCCCCNC(=O)CS)C(=O)c2ccccc2C1=O. The van der Waals surface area contributed by atoms with E-state index in [2.05, 4.69) is 23.3 Å². The average Bonchev–Trinajstić information content (AvgIpc) is 2.58. The number of hydrogen-bond donors (Lipinski definition) is 3. The summed E-state index contributed by atoms with van der Waals surface area (Å²) < 4.78 is 0. The summed E-state index contributed by atoms with van der Waals surface area (Å²) in [5, 5.41) is 5.81. The smallest absolute Gasteiger partial charge is 0.229 e. The Morgan fingerprint density at radius 3 is 2.30 bits per heavy atom. The highest BCUT2D eigenvalue weighted by molar-refractivity contribution is 7.81. The number of thiol groups is 1. The normalized spacial score (nSPS) is 13.8. The van der Waals surface area contributed by atoms with Gasteiger partial charge in [0.15, 0.2) is 5.78 Å². The van der Waals surface area contributed by atoms with Crippen LogP contribution in [0.1, 0.15) is 40.5 Å². The summed E-state index contributed by atoms with van der Waals surface area (Å²) in [4.78, 5) is 35.8. The van der Waals surface area contributed by atoms with E-state index in [1.807, 2.05) is 0 Å². The van der Waals surface area contributed by atoms with E-state index in [9.17, 15) is 14.4 Å². The van der Waals surface area contributed by atoms with Gasteiger partial charge in [-0.1, -0.05) is 24.3 Å². The number of carbonyl (C=O) groups is 3. The molecule has 2 rings (SSSR count). The predicted molar refractivity (Wildman–Crippen MR) is 91.9 cm³/mol. The molecule has 1 aromatic carbocycles. The van der Waals surface area contributed by atoms with Crippen molar-refractivity contribution in [3.05, 3.63) is 46.7 Å². The fourth-order valence-electron chi connectivity index (χ4n) is 2.46. The quantitative estimate of drug-likeness (QED) is 0.525. The van der Waals surface area contributed by atoms with Gasteiger partial charge in [-0.25, -0.2) is 0 Å². The van der Waals surface area contributed by atoms with Gasteiger partial charge in [-0.3, -0.25) is 14.4 Å². The van der Waals surface area contributed by atoms with Crippen LogP contribution in [0.15, 0.2) is 35.5 Å². The van der Waals surface area contributed by atoms with Crippen molar-refractivity contribution in [2.75, 3.05) is 18.8 Å². The van der Waals surface area contributed by atoms with Gasteiger partial charge in [-0.05, 0) is 19.8 Å². The van der Waals surface area contributed by atoms with Gasteiger partial charge in [0.1, 0.15) is 0 Å². The molecule has 0 spiro atoms. The molecule has 0 bridgehead atoms. The first kappa shape index (κ1) is 17.3. The van der Waals surface area contributed by atoms with Crippen LogP contribution in [0.3, 0.4) is 0 Å². The Kier molecular flexibility index (Phi) is 5.98. The van der Waals surface area contributed by atoms with E-state index in [1.165, 1.54) is 0 Å². The van der Waals surface area contributed by atoms with Gasteiger partial charge in [0, 0.05) is 29.8 Å². The lowest BCUT2D eigenvalue weighted by atomic mass is 9.88. The maximum Gasteiger partial charge on any atom is 0.229 e. The second kappa shape index (κ2) is 7.97. The van der Waals surface area contributed by atoms with Gasteiger partial charge in [-0.2, -0.15) is 12.6 Å². The molecule has 0 saturated heterocycles. The first-order valence-electron chi connectivity index (χ1n) is 7.57. The molecule has 1 amide bonds. The molecule has 122 valence electrons. The molecule has 0 saturated carbocycles. The lowest BCUT2D eigenvalue weighted by Gasteiger charge is -2.20. The molecule has 1 aromatic rings. The number of unbranched alkanes of at least 4 members (excludes halogenated alkanes) is 1. The minimum Gasteiger partial charge on any atom is -0.382 e. The summed E-state index contributed by atoms with van der Waals surface area (Å²) in [6.07, 6.45) is 1.57. The Hall–Kier alpha value is -2.08. The van der Waals surface area contributed by atoms with Crippen molar-refractivity contribution in [2.24, 2.45) is 0 Å². The van der Waals surface area contributed by atoms with Crippen LogP contribution in [0.4, 0.5) is 0 Å². The third-order valence-corrected chi connectivity index (χ3v) is 4.02. The van der Waals surface area contributed by atoms with Gasteiger partial charge in [0.2, 0.25) is 11.7 Å². The van der Waals surface area contributed by atoms with Crippen LogP contribution in [0, 0.1) is 0 Å². The van der Waals surface area contributed by atoms with E-state index in [0.717, 1.165) is 12.8 Å². The number of Topliss-reactive ketones (excluding diaryl/α,β-unsaturated/α-hetero) is 2. The number of amides is 1. The van der Waals surface area contributed by atoms with Crippen molar-refractivity contribution >= 4 is 30.1 Å². The summed E-state index contributed by atoms with van der Waals surface area (Å²) in [7, 11) is 0. The Morgan fingerprint density at radius 2 is 1.65 bits per heavy atom. The summed E-state index contributed by atoms with van der Waals surface area (Å²) in [6, 6.07) is 6.87. The van der Waals surface area contributed by atoms with Crippen LogP contribution in [0.5, 0.6) is 0 Å². The van der Waals surface area contributed by atoms with Gasteiger partial charge in [0.05, 0.1) is 11.4 Å². The molecule has 0 aromatic heterocycles. The highest BCUT2D eigenvalue weighted by atomic mass is 32.1. The van der Waals surface area contributed by atoms with E-state index in [4.69, 9.17) is 0 Å². The van der Waals surface area contributed by atoms with Crippen molar-refractivity contribution in [2.45, 2.75) is 19.8 Å². The van der Waals surface area contributed by atoms with Crippen molar-refractivity contribution in [3.63, 3.8) is 0 Å². The first-order chi connectivity index (χ1) is 11.1. The highest BCUT2D eigenvalue weighted by Gasteiger charge is 2.29. The number of fused-ring (bicyclic) bond motifs is 1. The zero-order chi connectivity index (χ0) is 16.8. The molecule has 0 atom stereocenters. The minimum absolute atomic E-state index is 0.0930. The first-order valence-corrected chi connectivity index (χ1v) is 8.20. The molecular weight excluding hydrogens is 312 g/mol. The Balaban J connectivity index is 1.90. The van der Waals surface area contributed by atoms with Crippen LogP contribution in [-0.4, -0.2) is 36.3 Å². The molecule has 6 heteroatoms. The summed E-state index contributed by atoms with van der Waals surface area (Å²) in [5.41, 5.74) is 1.76. The second-order valence-corrected chi connectivity index (χ2v) is 5.66. The largest absolute Gasteiger partial charge is 0.382 e. The lowest BCUT2D eigenvalue weighted by Crippen LogP contribution is -2.31. The molecule has 0 fully saturated rings. The second-order valence-electron chi connectivity index (χ2n) is 5.35. The van der Waals surface area contributed by atoms with E-state index in [0.29, 0.717) is 35.5 Å². The summed E-state index contributed by atoms with van der Waals surface area (Å²) in [5.74, 6) is -0.158. The van der Waals surface area contributed by atoms with E-state index in [1.54, 1.807) is 31.2 Å². The minimum atomic E-state index is -0.138. The number of rotatable bonds is 7. The van der Waals surface area contributed by atoms with E-state index >= 15 is 0 Å². The van der Waals surface area contributed by atoms with Crippen molar-refractivity contribution in [1.29, 1.82) is 0 Å². The number of hydrogen-bond acceptors (Lipinski definition) is 5. The molecule has 5 nitrogen and oxygen atoms in total. The molecule has 2 N–H and O–H groups in total. The predicted octanol–water partition coefficient (Wildman–Crippen LogP) is 1.76. The number of benzene rings is 1. The molecule has 0 unspecified atom stereocenters. The van der Waals surface area contributed by atoms with Crippen LogP contribution < -0.4 is 10.6 Å². The van der Waals surface area contributed by atoms with Crippen LogP contribution in [0.25, 0.3) is 0 Å². The maximum absolute atomic E-state index is 12.5. The topological polar surface area (TPSA) is 75.3 Å². The molecular formula is C17H20N2O3S. The number of nitrogens with one attached hydrogen (secondary N) is 2.